The Balaban J connectivity index is 1.69. The quantitative estimate of drug-likeness (QED) is 0.896. The highest BCUT2D eigenvalue weighted by atomic mass is 35.5. The molecule has 7 heteroatoms. The van der Waals surface area contributed by atoms with Gasteiger partial charge in [0.25, 0.3) is 11.8 Å². The number of anilines is 1. The lowest BCUT2D eigenvalue weighted by molar-refractivity contribution is 0.0637. The molecule has 6 nitrogen and oxygen atoms in total. The van der Waals surface area contributed by atoms with Crippen LogP contribution in [0.25, 0.3) is 0 Å². The number of nitrogens with one attached hydrogen (secondary N) is 1. The topological polar surface area (TPSA) is 65.5 Å². The molecule has 1 saturated heterocycles. The second-order valence-electron chi connectivity index (χ2n) is 6.10. The Kier molecular flexibility index (Phi) is 5.85. The number of hydrogen-bond donors (Lipinski definition) is 1. The van der Waals surface area contributed by atoms with E-state index in [0.29, 0.717) is 23.8 Å². The van der Waals surface area contributed by atoms with Crippen LogP contribution in [0.3, 0.4) is 0 Å². The van der Waals surface area contributed by atoms with Gasteiger partial charge in [0.1, 0.15) is 11.4 Å². The number of nitrogens with zero attached hydrogens (tertiary/aromatic N) is 3. The molecule has 1 aliphatic heterocycles. The molecule has 2 heterocycles. The minimum atomic E-state index is -0.377. The van der Waals surface area contributed by atoms with E-state index in [2.05, 4.69) is 22.1 Å². The van der Waals surface area contributed by atoms with Crippen molar-refractivity contribution >= 4 is 29.1 Å². The molecule has 1 aliphatic rings. The van der Waals surface area contributed by atoms with Crippen LogP contribution in [0.4, 0.5) is 5.69 Å². The average Bonchev–Trinajstić information content (AvgIpc) is 2.67. The van der Waals surface area contributed by atoms with Crippen LogP contribution in [-0.4, -0.2) is 59.3 Å². The number of benzene rings is 1. The summed E-state index contributed by atoms with van der Waals surface area (Å²) < 4.78 is 0. The van der Waals surface area contributed by atoms with E-state index < -0.39 is 0 Å². The predicted octanol–water partition coefficient (Wildman–Crippen LogP) is 2.77. The third-order valence-electron chi connectivity index (χ3n) is 4.39. The fourth-order valence-corrected chi connectivity index (χ4v) is 3.06. The highest BCUT2D eigenvalue weighted by Crippen LogP contribution is 2.16. The summed E-state index contributed by atoms with van der Waals surface area (Å²) in [6.07, 6.45) is 0. The monoisotopic (exact) mass is 372 g/mol. The first-order valence-electron chi connectivity index (χ1n) is 8.62. The maximum absolute atomic E-state index is 12.7. The molecule has 1 aromatic carbocycles. The zero-order valence-electron chi connectivity index (χ0n) is 14.6. The van der Waals surface area contributed by atoms with E-state index in [1.54, 1.807) is 47.4 Å². The number of amides is 2. The van der Waals surface area contributed by atoms with Crippen LogP contribution in [0.2, 0.25) is 5.02 Å². The number of hydrogen-bond acceptors (Lipinski definition) is 4. The Bertz CT molecular complexity index is 804. The number of carbonyl (C=O) groups excluding carboxylic acids is 2. The van der Waals surface area contributed by atoms with Crippen LogP contribution in [0.15, 0.2) is 42.5 Å². The predicted molar refractivity (Wildman–Crippen MR) is 102 cm³/mol. The van der Waals surface area contributed by atoms with Crippen molar-refractivity contribution < 1.29 is 9.59 Å². The van der Waals surface area contributed by atoms with Gasteiger partial charge in [0.15, 0.2) is 0 Å². The van der Waals surface area contributed by atoms with Gasteiger partial charge >= 0.3 is 0 Å². The van der Waals surface area contributed by atoms with Gasteiger partial charge in [0.05, 0.1) is 0 Å². The normalized spacial score (nSPS) is 14.9. The smallest absolute Gasteiger partial charge is 0.274 e. The summed E-state index contributed by atoms with van der Waals surface area (Å²) in [7, 11) is 0. The molecule has 1 aromatic heterocycles. The van der Waals surface area contributed by atoms with Gasteiger partial charge in [-0.3, -0.25) is 9.59 Å². The van der Waals surface area contributed by atoms with Gasteiger partial charge in [-0.05, 0) is 36.9 Å². The SMILES string of the molecule is CCN1CCN(C(=O)c2cccc(C(=O)Nc3cccc(Cl)c3)n2)CC1. The minimum Gasteiger partial charge on any atom is -0.335 e. The van der Waals surface area contributed by atoms with E-state index in [1.165, 1.54) is 0 Å². The van der Waals surface area contributed by atoms with Crippen LogP contribution in [0, 0.1) is 0 Å². The fraction of sp³-hybridized carbons (Fsp3) is 0.316. The van der Waals surface area contributed by atoms with E-state index in [4.69, 9.17) is 11.6 Å². The highest BCUT2D eigenvalue weighted by Gasteiger charge is 2.23. The van der Waals surface area contributed by atoms with Gasteiger partial charge in [-0.25, -0.2) is 4.98 Å². The average molecular weight is 373 g/mol. The molecule has 0 spiro atoms. The Morgan fingerprint density at radius 1 is 1.08 bits per heavy atom. The van der Waals surface area contributed by atoms with Crippen molar-refractivity contribution in [2.45, 2.75) is 6.92 Å². The van der Waals surface area contributed by atoms with Crippen molar-refractivity contribution in [2.24, 2.45) is 0 Å². The lowest BCUT2D eigenvalue weighted by atomic mass is 10.2. The number of carbonyl (C=O) groups is 2. The van der Waals surface area contributed by atoms with E-state index in [-0.39, 0.29) is 23.2 Å². The summed E-state index contributed by atoms with van der Waals surface area (Å²) in [6.45, 7) is 6.16. The minimum absolute atomic E-state index is 0.141. The first kappa shape index (κ1) is 18.4. The number of rotatable bonds is 4. The third kappa shape index (κ3) is 4.39. The van der Waals surface area contributed by atoms with E-state index in [9.17, 15) is 9.59 Å². The molecule has 136 valence electrons. The van der Waals surface area contributed by atoms with Gasteiger partial charge in [-0.1, -0.05) is 30.7 Å². The molecule has 0 unspecified atom stereocenters. The fourth-order valence-electron chi connectivity index (χ4n) is 2.87. The molecule has 26 heavy (non-hydrogen) atoms. The lowest BCUT2D eigenvalue weighted by Gasteiger charge is -2.33. The largest absolute Gasteiger partial charge is 0.335 e. The van der Waals surface area contributed by atoms with Gasteiger partial charge < -0.3 is 15.1 Å². The van der Waals surface area contributed by atoms with Crippen LogP contribution < -0.4 is 5.32 Å². The maximum Gasteiger partial charge on any atom is 0.274 e. The number of aromatic nitrogens is 1. The summed E-state index contributed by atoms with van der Waals surface area (Å²) >= 11 is 5.93. The molecule has 0 radical (unpaired) electrons. The van der Waals surface area contributed by atoms with Crippen molar-refractivity contribution in [1.29, 1.82) is 0 Å². The van der Waals surface area contributed by atoms with Gasteiger partial charge in [-0.2, -0.15) is 0 Å². The molecule has 2 aromatic rings. The summed E-state index contributed by atoms with van der Waals surface area (Å²) in [6, 6.07) is 11.8. The molecule has 1 N–H and O–H groups in total. The highest BCUT2D eigenvalue weighted by molar-refractivity contribution is 6.30. The molecule has 0 aliphatic carbocycles. The van der Waals surface area contributed by atoms with E-state index >= 15 is 0 Å². The van der Waals surface area contributed by atoms with E-state index in [1.807, 2.05) is 0 Å². The molecule has 3 rings (SSSR count). The first-order valence-corrected chi connectivity index (χ1v) is 9.00. The molecular weight excluding hydrogens is 352 g/mol. The standard InChI is InChI=1S/C19H21ClN4O2/c1-2-23-9-11-24(12-10-23)19(26)17-8-4-7-16(22-17)18(25)21-15-6-3-5-14(20)13-15/h3-8,13H,2,9-12H2,1H3,(H,21,25). The Morgan fingerprint density at radius 2 is 1.77 bits per heavy atom. The summed E-state index contributed by atoms with van der Waals surface area (Å²) in [5.74, 6) is -0.518. The summed E-state index contributed by atoms with van der Waals surface area (Å²) in [5, 5.41) is 3.27. The molecule has 0 atom stereocenters. The van der Waals surface area contributed by atoms with Gasteiger partial charge in [-0.15, -0.1) is 0 Å². The molecule has 2 amide bonds. The Labute approximate surface area is 157 Å². The zero-order chi connectivity index (χ0) is 18.5. The summed E-state index contributed by atoms with van der Waals surface area (Å²) in [5.41, 5.74) is 1.06. The van der Waals surface area contributed by atoms with Crippen LogP contribution in [-0.2, 0) is 0 Å². The second kappa shape index (κ2) is 8.29. The van der Waals surface area contributed by atoms with Crippen LogP contribution >= 0.6 is 11.6 Å². The molecule has 1 fully saturated rings. The van der Waals surface area contributed by atoms with Gasteiger partial charge in [0.2, 0.25) is 0 Å². The van der Waals surface area contributed by atoms with E-state index in [0.717, 1.165) is 19.6 Å². The van der Waals surface area contributed by atoms with Crippen molar-refractivity contribution in [2.75, 3.05) is 38.0 Å². The van der Waals surface area contributed by atoms with Crippen molar-refractivity contribution in [1.82, 2.24) is 14.8 Å². The molecule has 0 bridgehead atoms. The molecule has 0 saturated carbocycles. The lowest BCUT2D eigenvalue weighted by Crippen LogP contribution is -2.48. The van der Waals surface area contributed by atoms with Crippen molar-refractivity contribution in [3.63, 3.8) is 0 Å². The number of piperazine rings is 1. The van der Waals surface area contributed by atoms with Crippen molar-refractivity contribution in [3.05, 3.63) is 58.9 Å². The number of halogens is 1. The number of pyridine rings is 1. The maximum atomic E-state index is 12.7. The van der Waals surface area contributed by atoms with Crippen LogP contribution in [0.1, 0.15) is 27.9 Å². The van der Waals surface area contributed by atoms with Crippen LogP contribution in [0.5, 0.6) is 0 Å². The third-order valence-corrected chi connectivity index (χ3v) is 4.63. The van der Waals surface area contributed by atoms with Crippen molar-refractivity contribution in [3.8, 4) is 0 Å². The molecular formula is C19H21ClN4O2. The Hall–Kier alpha value is -2.44. The first-order chi connectivity index (χ1) is 12.6. The second-order valence-corrected chi connectivity index (χ2v) is 6.54. The zero-order valence-corrected chi connectivity index (χ0v) is 15.4. The number of likely N-dealkylation sites (N-methyl/N-ethyl adjacent to an activating group) is 1. The van der Waals surface area contributed by atoms with Gasteiger partial charge in [0, 0.05) is 36.9 Å². The summed E-state index contributed by atoms with van der Waals surface area (Å²) in [4.78, 5) is 33.4. The Morgan fingerprint density at radius 3 is 2.46 bits per heavy atom.